The molecule has 3 rings (SSSR count). The van der Waals surface area contributed by atoms with Gasteiger partial charge in [0.05, 0.1) is 6.61 Å². The Morgan fingerprint density at radius 3 is 2.55 bits per heavy atom. The number of benzene rings is 2. The molecule has 2 aromatic rings. The highest BCUT2D eigenvalue weighted by molar-refractivity contribution is 6.37. The number of hydrogen-bond donors (Lipinski definition) is 2. The summed E-state index contributed by atoms with van der Waals surface area (Å²) >= 11 is 0. The molecule has 0 atom stereocenters. The fourth-order valence-corrected chi connectivity index (χ4v) is 3.91. The predicted molar refractivity (Wildman–Crippen MR) is 111 cm³/mol. The topological polar surface area (TPSA) is 84.9 Å². The molecule has 0 radical (unpaired) electrons. The molecule has 1 aliphatic rings. The highest BCUT2D eigenvalue weighted by Crippen LogP contribution is 2.42. The van der Waals surface area contributed by atoms with E-state index in [4.69, 9.17) is 9.47 Å². The first kappa shape index (κ1) is 20.7. The van der Waals surface area contributed by atoms with Gasteiger partial charge in [0.1, 0.15) is 17.2 Å². The lowest BCUT2D eigenvalue weighted by Crippen LogP contribution is -2.25. The van der Waals surface area contributed by atoms with Crippen molar-refractivity contribution >= 4 is 17.6 Å². The normalized spacial score (nSPS) is 12.4. The summed E-state index contributed by atoms with van der Waals surface area (Å²) < 4.78 is 11.1. The highest BCUT2D eigenvalue weighted by Gasteiger charge is 2.25. The maximum absolute atomic E-state index is 12.1. The molecule has 0 heterocycles. The van der Waals surface area contributed by atoms with Crippen LogP contribution in [0, 0.1) is 13.8 Å². The fraction of sp³-hybridized carbons (Fsp3) is 0.391. The van der Waals surface area contributed by atoms with E-state index in [-0.39, 0.29) is 12.4 Å². The fourth-order valence-electron chi connectivity index (χ4n) is 3.91. The van der Waals surface area contributed by atoms with Crippen LogP contribution >= 0.6 is 0 Å². The van der Waals surface area contributed by atoms with Crippen LogP contribution in [0.15, 0.2) is 18.2 Å². The molecule has 29 heavy (non-hydrogen) atoms. The molecule has 6 nitrogen and oxygen atoms in total. The van der Waals surface area contributed by atoms with Crippen molar-refractivity contribution in [1.82, 2.24) is 0 Å². The second kappa shape index (κ2) is 8.55. The quantitative estimate of drug-likeness (QED) is 0.579. The summed E-state index contributed by atoms with van der Waals surface area (Å²) in [7, 11) is 0. The Morgan fingerprint density at radius 2 is 1.86 bits per heavy atom. The van der Waals surface area contributed by atoms with E-state index in [0.717, 1.165) is 52.8 Å². The molecule has 2 N–H and O–H groups in total. The van der Waals surface area contributed by atoms with Crippen molar-refractivity contribution in [3.05, 3.63) is 46.0 Å². The average Bonchev–Trinajstić information content (AvgIpc) is 3.17. The number of anilines is 1. The molecular weight excluding hydrogens is 370 g/mol. The zero-order valence-electron chi connectivity index (χ0n) is 17.3. The minimum atomic E-state index is -0.885. The van der Waals surface area contributed by atoms with E-state index in [2.05, 4.69) is 5.32 Å². The van der Waals surface area contributed by atoms with Crippen LogP contribution in [0.2, 0.25) is 0 Å². The van der Waals surface area contributed by atoms with E-state index >= 15 is 0 Å². The van der Waals surface area contributed by atoms with Crippen molar-refractivity contribution in [2.75, 3.05) is 11.9 Å². The summed E-state index contributed by atoms with van der Waals surface area (Å²) in [5, 5.41) is 12.8. The van der Waals surface area contributed by atoms with E-state index < -0.39 is 11.9 Å². The number of carbonyl (C=O) groups is 2. The number of phenols is 1. The number of hydrogen-bond acceptors (Lipinski definition) is 5. The third-order valence-electron chi connectivity index (χ3n) is 5.33. The van der Waals surface area contributed by atoms with Gasteiger partial charge in [-0.15, -0.1) is 0 Å². The predicted octanol–water partition coefficient (Wildman–Crippen LogP) is 4.35. The Hall–Kier alpha value is -3.02. The second-order valence-corrected chi connectivity index (χ2v) is 7.20. The van der Waals surface area contributed by atoms with Gasteiger partial charge in [-0.2, -0.15) is 0 Å². The molecule has 154 valence electrons. The van der Waals surface area contributed by atoms with Crippen molar-refractivity contribution in [1.29, 1.82) is 0 Å². The number of ether oxygens (including phenoxy) is 2. The number of esters is 1. The molecule has 0 bridgehead atoms. The van der Waals surface area contributed by atoms with Gasteiger partial charge in [-0.25, -0.2) is 4.79 Å². The number of aryl methyl sites for hydroxylation is 1. The van der Waals surface area contributed by atoms with Gasteiger partial charge in [0.15, 0.2) is 0 Å². The number of phenolic OH excluding ortho intramolecular Hbond substituents is 1. The molecule has 6 heteroatoms. The van der Waals surface area contributed by atoms with Gasteiger partial charge in [0.25, 0.3) is 0 Å². The second-order valence-electron chi connectivity index (χ2n) is 7.20. The molecule has 0 aromatic heterocycles. The molecule has 1 amide bonds. The Balaban J connectivity index is 1.96. The van der Waals surface area contributed by atoms with Gasteiger partial charge in [-0.1, -0.05) is 6.92 Å². The SMILES string of the molecule is CCOC(=O)C(=O)Nc1cc(C)c(Oc2ccc(O)c(CC)c2C)c2c1CCC2. The maximum atomic E-state index is 12.1. The zero-order valence-corrected chi connectivity index (χ0v) is 17.3. The summed E-state index contributed by atoms with van der Waals surface area (Å²) in [4.78, 5) is 23.8. The maximum Gasteiger partial charge on any atom is 0.397 e. The largest absolute Gasteiger partial charge is 0.508 e. The van der Waals surface area contributed by atoms with Crippen molar-refractivity contribution in [3.63, 3.8) is 0 Å². The van der Waals surface area contributed by atoms with E-state index in [0.29, 0.717) is 17.9 Å². The Bertz CT molecular complexity index is 964. The minimum Gasteiger partial charge on any atom is -0.508 e. The molecular formula is C23H27NO5. The van der Waals surface area contributed by atoms with E-state index in [1.54, 1.807) is 19.1 Å². The van der Waals surface area contributed by atoms with Gasteiger partial charge in [-0.3, -0.25) is 4.79 Å². The van der Waals surface area contributed by atoms with Crippen molar-refractivity contribution in [3.8, 4) is 17.2 Å². The third kappa shape index (κ3) is 4.06. The van der Waals surface area contributed by atoms with Gasteiger partial charge in [0, 0.05) is 16.8 Å². The molecule has 0 unspecified atom stereocenters. The Kier molecular flexibility index (Phi) is 6.11. The highest BCUT2D eigenvalue weighted by atomic mass is 16.5. The average molecular weight is 397 g/mol. The van der Waals surface area contributed by atoms with Crippen LogP contribution < -0.4 is 10.1 Å². The molecule has 0 spiro atoms. The molecule has 0 saturated carbocycles. The van der Waals surface area contributed by atoms with Crippen LogP contribution in [-0.2, 0) is 33.6 Å². The van der Waals surface area contributed by atoms with E-state index in [1.807, 2.05) is 26.8 Å². The van der Waals surface area contributed by atoms with Gasteiger partial charge < -0.3 is 19.9 Å². The van der Waals surface area contributed by atoms with Crippen molar-refractivity contribution in [2.24, 2.45) is 0 Å². The smallest absolute Gasteiger partial charge is 0.397 e. The summed E-state index contributed by atoms with van der Waals surface area (Å²) in [5.74, 6) is 0.110. The first-order valence-corrected chi connectivity index (χ1v) is 10.00. The number of amides is 1. The first-order valence-electron chi connectivity index (χ1n) is 10.00. The van der Waals surface area contributed by atoms with Crippen LogP contribution in [0.4, 0.5) is 5.69 Å². The Morgan fingerprint density at radius 1 is 1.14 bits per heavy atom. The van der Waals surface area contributed by atoms with E-state index in [9.17, 15) is 14.7 Å². The molecule has 0 aliphatic heterocycles. The van der Waals surface area contributed by atoms with Gasteiger partial charge in [0.2, 0.25) is 0 Å². The minimum absolute atomic E-state index is 0.155. The molecule has 1 aliphatic carbocycles. The summed E-state index contributed by atoms with van der Waals surface area (Å²) in [6, 6.07) is 5.28. The summed E-state index contributed by atoms with van der Waals surface area (Å²) in [6.45, 7) is 7.67. The lowest BCUT2D eigenvalue weighted by molar-refractivity contribution is -0.152. The molecule has 2 aromatic carbocycles. The van der Waals surface area contributed by atoms with Crippen LogP contribution in [0.25, 0.3) is 0 Å². The number of carbonyl (C=O) groups excluding carboxylic acids is 2. The summed E-state index contributed by atoms with van der Waals surface area (Å²) in [5.41, 5.74) is 5.34. The Labute approximate surface area is 170 Å². The van der Waals surface area contributed by atoms with Gasteiger partial charge >= 0.3 is 11.9 Å². The number of fused-ring (bicyclic) bond motifs is 1. The number of rotatable bonds is 5. The van der Waals surface area contributed by atoms with E-state index in [1.165, 1.54) is 0 Å². The third-order valence-corrected chi connectivity index (χ3v) is 5.33. The lowest BCUT2D eigenvalue weighted by atomic mass is 10.0. The molecule has 0 saturated heterocycles. The van der Waals surface area contributed by atoms with Crippen LogP contribution in [0.1, 0.15) is 48.1 Å². The zero-order chi connectivity index (χ0) is 21.1. The van der Waals surface area contributed by atoms with Crippen LogP contribution in [0.5, 0.6) is 17.2 Å². The standard InChI is InChI=1S/C23H27NO5/c1-5-15-14(4)20(11-10-19(15)25)29-21-13(3)12-18(16-8-7-9-17(16)21)24-22(26)23(27)28-6-2/h10-12,25H,5-9H2,1-4H3,(H,24,26). The van der Waals surface area contributed by atoms with Crippen LogP contribution in [-0.4, -0.2) is 23.6 Å². The lowest BCUT2D eigenvalue weighted by Gasteiger charge is -2.19. The van der Waals surface area contributed by atoms with Crippen LogP contribution in [0.3, 0.4) is 0 Å². The van der Waals surface area contributed by atoms with Crippen molar-refractivity contribution in [2.45, 2.75) is 53.4 Å². The van der Waals surface area contributed by atoms with Crippen molar-refractivity contribution < 1.29 is 24.2 Å². The number of aromatic hydroxyl groups is 1. The van der Waals surface area contributed by atoms with Gasteiger partial charge in [-0.05, 0) is 81.3 Å². The first-order chi connectivity index (χ1) is 13.9. The number of nitrogens with one attached hydrogen (secondary N) is 1. The monoisotopic (exact) mass is 397 g/mol. The molecule has 0 fully saturated rings. The summed E-state index contributed by atoms with van der Waals surface area (Å²) in [6.07, 6.45) is 3.31.